The van der Waals surface area contributed by atoms with Crippen LogP contribution >= 0.6 is 0 Å². The Balaban J connectivity index is 2.01. The van der Waals surface area contributed by atoms with Crippen LogP contribution in [0.15, 0.2) is 24.3 Å². The number of hydrogen-bond donors (Lipinski definition) is 1. The van der Waals surface area contributed by atoms with Crippen LogP contribution in [-0.2, 0) is 17.4 Å². The zero-order valence-electron chi connectivity index (χ0n) is 10.9. The molecule has 1 saturated heterocycles. The average Bonchev–Trinajstić information content (AvgIpc) is 2.38. The molecule has 110 valence electrons. The third kappa shape index (κ3) is 3.72. The second-order valence-corrected chi connectivity index (χ2v) is 4.99. The zero-order chi connectivity index (χ0) is 14.8. The zero-order valence-corrected chi connectivity index (χ0v) is 10.9. The van der Waals surface area contributed by atoms with Crippen LogP contribution in [-0.4, -0.2) is 35.1 Å². The summed E-state index contributed by atoms with van der Waals surface area (Å²) in [4.78, 5) is 13.6. The molecule has 1 N–H and O–H groups in total. The fourth-order valence-corrected chi connectivity index (χ4v) is 2.26. The normalized spacial score (nSPS) is 17.3. The Kier molecular flexibility index (Phi) is 4.32. The highest BCUT2D eigenvalue weighted by atomic mass is 19.4. The van der Waals surface area contributed by atoms with Gasteiger partial charge in [0.25, 0.3) is 0 Å². The van der Waals surface area contributed by atoms with Gasteiger partial charge in [-0.1, -0.05) is 18.2 Å². The number of benzene rings is 1. The summed E-state index contributed by atoms with van der Waals surface area (Å²) < 4.78 is 37.7. The van der Waals surface area contributed by atoms with E-state index in [1.165, 1.54) is 12.1 Å². The molecule has 1 aliphatic heterocycles. The monoisotopic (exact) mass is 287 g/mol. The molecule has 0 aromatic heterocycles. The number of amides is 1. The molecule has 1 amide bonds. The first-order valence-electron chi connectivity index (χ1n) is 6.48. The molecule has 1 heterocycles. The van der Waals surface area contributed by atoms with Crippen LogP contribution in [0.4, 0.5) is 13.2 Å². The lowest BCUT2D eigenvalue weighted by Gasteiger charge is -2.29. The summed E-state index contributed by atoms with van der Waals surface area (Å²) in [5, 5.41) is 9.36. The molecule has 1 aromatic carbocycles. The van der Waals surface area contributed by atoms with Gasteiger partial charge in [-0.25, -0.2) is 0 Å². The van der Waals surface area contributed by atoms with E-state index in [1.54, 1.807) is 4.90 Å². The Morgan fingerprint density at radius 2 is 1.95 bits per heavy atom. The van der Waals surface area contributed by atoms with Crippen molar-refractivity contribution in [3.05, 3.63) is 35.4 Å². The number of aliphatic hydroxyl groups is 1. The van der Waals surface area contributed by atoms with Gasteiger partial charge in [0.05, 0.1) is 18.1 Å². The number of piperidine rings is 1. The van der Waals surface area contributed by atoms with Crippen molar-refractivity contribution < 1.29 is 23.1 Å². The van der Waals surface area contributed by atoms with Crippen LogP contribution in [0.3, 0.4) is 0 Å². The number of rotatable bonds is 2. The van der Waals surface area contributed by atoms with Crippen molar-refractivity contribution in [3.63, 3.8) is 0 Å². The first kappa shape index (κ1) is 14.8. The van der Waals surface area contributed by atoms with E-state index in [-0.39, 0.29) is 18.4 Å². The van der Waals surface area contributed by atoms with Crippen molar-refractivity contribution in [2.45, 2.75) is 31.5 Å². The molecule has 0 radical (unpaired) electrons. The summed E-state index contributed by atoms with van der Waals surface area (Å²) >= 11 is 0. The van der Waals surface area contributed by atoms with Gasteiger partial charge in [0.1, 0.15) is 0 Å². The minimum Gasteiger partial charge on any atom is -0.393 e. The standard InChI is InChI=1S/C14H16F3NO2/c15-14(16,17)11-3-1-2-10(8-11)9-13(20)18-6-4-12(19)5-7-18/h1-3,8,12,19H,4-7,9H2. The van der Waals surface area contributed by atoms with Crippen molar-refractivity contribution >= 4 is 5.91 Å². The largest absolute Gasteiger partial charge is 0.416 e. The van der Waals surface area contributed by atoms with E-state index in [2.05, 4.69) is 0 Å². The summed E-state index contributed by atoms with van der Waals surface area (Å²) in [5.74, 6) is -0.198. The Morgan fingerprint density at radius 3 is 2.55 bits per heavy atom. The molecular weight excluding hydrogens is 271 g/mol. The minimum absolute atomic E-state index is 0.0417. The third-order valence-corrected chi connectivity index (χ3v) is 3.43. The molecular formula is C14H16F3NO2. The second-order valence-electron chi connectivity index (χ2n) is 4.99. The molecule has 0 saturated carbocycles. The predicted octanol–water partition coefficient (Wildman–Crippen LogP) is 2.23. The Bertz CT molecular complexity index is 480. The van der Waals surface area contributed by atoms with E-state index in [1.807, 2.05) is 0 Å². The molecule has 2 rings (SSSR count). The second kappa shape index (κ2) is 5.83. The highest BCUT2D eigenvalue weighted by Crippen LogP contribution is 2.29. The van der Waals surface area contributed by atoms with Gasteiger partial charge in [-0.15, -0.1) is 0 Å². The number of carbonyl (C=O) groups is 1. The topological polar surface area (TPSA) is 40.5 Å². The third-order valence-electron chi connectivity index (χ3n) is 3.43. The van der Waals surface area contributed by atoms with E-state index in [0.717, 1.165) is 12.1 Å². The van der Waals surface area contributed by atoms with Gasteiger partial charge < -0.3 is 10.0 Å². The first-order chi connectivity index (χ1) is 9.36. The van der Waals surface area contributed by atoms with Crippen LogP contribution in [0, 0.1) is 0 Å². The number of alkyl halides is 3. The Hall–Kier alpha value is -1.56. The maximum absolute atomic E-state index is 12.6. The molecule has 1 aromatic rings. The van der Waals surface area contributed by atoms with Gasteiger partial charge in [-0.2, -0.15) is 13.2 Å². The summed E-state index contributed by atoms with van der Waals surface area (Å²) in [5.41, 5.74) is -0.382. The van der Waals surface area contributed by atoms with Crippen molar-refractivity contribution in [2.75, 3.05) is 13.1 Å². The Morgan fingerprint density at radius 1 is 1.30 bits per heavy atom. The predicted molar refractivity (Wildman–Crippen MR) is 67.0 cm³/mol. The van der Waals surface area contributed by atoms with Crippen LogP contribution in [0.2, 0.25) is 0 Å². The molecule has 6 heteroatoms. The molecule has 1 fully saturated rings. The fourth-order valence-electron chi connectivity index (χ4n) is 2.26. The van der Waals surface area contributed by atoms with Crippen molar-refractivity contribution in [1.29, 1.82) is 0 Å². The van der Waals surface area contributed by atoms with E-state index >= 15 is 0 Å². The molecule has 1 aliphatic rings. The SMILES string of the molecule is O=C(Cc1cccc(C(F)(F)F)c1)N1CCC(O)CC1. The van der Waals surface area contributed by atoms with E-state index < -0.39 is 11.7 Å². The number of carbonyl (C=O) groups excluding carboxylic acids is 1. The summed E-state index contributed by atoms with van der Waals surface area (Å²) in [6, 6.07) is 4.83. The lowest BCUT2D eigenvalue weighted by Crippen LogP contribution is -2.40. The molecule has 20 heavy (non-hydrogen) atoms. The first-order valence-corrected chi connectivity index (χ1v) is 6.48. The smallest absolute Gasteiger partial charge is 0.393 e. The van der Waals surface area contributed by atoms with E-state index in [0.29, 0.717) is 31.5 Å². The van der Waals surface area contributed by atoms with Crippen LogP contribution in [0.5, 0.6) is 0 Å². The van der Waals surface area contributed by atoms with Gasteiger partial charge in [-0.3, -0.25) is 4.79 Å². The van der Waals surface area contributed by atoms with Gasteiger partial charge in [0.15, 0.2) is 0 Å². The number of halogens is 3. The van der Waals surface area contributed by atoms with Crippen LogP contribution in [0.1, 0.15) is 24.0 Å². The van der Waals surface area contributed by atoms with Crippen molar-refractivity contribution in [3.8, 4) is 0 Å². The van der Waals surface area contributed by atoms with Gasteiger partial charge in [0, 0.05) is 13.1 Å². The highest BCUT2D eigenvalue weighted by molar-refractivity contribution is 5.78. The molecule has 0 bridgehead atoms. The van der Waals surface area contributed by atoms with E-state index in [4.69, 9.17) is 0 Å². The fraction of sp³-hybridized carbons (Fsp3) is 0.500. The number of aliphatic hydroxyl groups excluding tert-OH is 1. The molecule has 3 nitrogen and oxygen atoms in total. The highest BCUT2D eigenvalue weighted by Gasteiger charge is 2.30. The number of hydrogen-bond acceptors (Lipinski definition) is 2. The summed E-state index contributed by atoms with van der Waals surface area (Å²) in [6.07, 6.45) is -3.77. The number of nitrogens with zero attached hydrogens (tertiary/aromatic N) is 1. The van der Waals surface area contributed by atoms with Crippen LogP contribution in [0.25, 0.3) is 0 Å². The summed E-state index contributed by atoms with van der Waals surface area (Å²) in [7, 11) is 0. The van der Waals surface area contributed by atoms with Crippen molar-refractivity contribution in [1.82, 2.24) is 4.90 Å². The average molecular weight is 287 g/mol. The Labute approximate surface area is 115 Å². The molecule has 0 unspecified atom stereocenters. The maximum atomic E-state index is 12.6. The van der Waals surface area contributed by atoms with Gasteiger partial charge >= 0.3 is 6.18 Å². The number of likely N-dealkylation sites (tertiary alicyclic amines) is 1. The lowest BCUT2D eigenvalue weighted by molar-refractivity contribution is -0.138. The molecule has 0 spiro atoms. The maximum Gasteiger partial charge on any atom is 0.416 e. The molecule has 0 aliphatic carbocycles. The lowest BCUT2D eigenvalue weighted by atomic mass is 10.0. The van der Waals surface area contributed by atoms with Crippen molar-refractivity contribution in [2.24, 2.45) is 0 Å². The van der Waals surface area contributed by atoms with Gasteiger partial charge in [-0.05, 0) is 24.5 Å². The van der Waals surface area contributed by atoms with Crippen LogP contribution < -0.4 is 0 Å². The van der Waals surface area contributed by atoms with E-state index in [9.17, 15) is 23.1 Å². The minimum atomic E-state index is -4.39. The van der Waals surface area contributed by atoms with Gasteiger partial charge in [0.2, 0.25) is 5.91 Å². The molecule has 0 atom stereocenters. The quantitative estimate of drug-likeness (QED) is 0.906. The summed E-state index contributed by atoms with van der Waals surface area (Å²) in [6.45, 7) is 0.915.